The summed E-state index contributed by atoms with van der Waals surface area (Å²) in [6, 6.07) is 7.23. The molecule has 0 radical (unpaired) electrons. The van der Waals surface area contributed by atoms with Crippen molar-refractivity contribution in [2.45, 2.75) is 57.2 Å². The van der Waals surface area contributed by atoms with Crippen molar-refractivity contribution in [2.24, 2.45) is 5.92 Å². The van der Waals surface area contributed by atoms with Crippen LogP contribution in [0, 0.1) is 5.92 Å². The third-order valence-electron chi connectivity index (χ3n) is 5.55. The average molecular weight is 380 g/mol. The fraction of sp³-hybridized carbons (Fsp3) is 0.600. The Kier molecular flexibility index (Phi) is 6.20. The third kappa shape index (κ3) is 4.21. The summed E-state index contributed by atoms with van der Waals surface area (Å²) in [6.45, 7) is 2.58. The quantitative estimate of drug-likeness (QED) is 0.818. The molecule has 0 bridgehead atoms. The molecule has 1 saturated carbocycles. The standard InChI is InChI=1S/C20H26ClNO4/c1-2-18(26-15-5-3-4-6-15)19(23)22-11-16(17(12-22)20(24)25)13-7-9-14(21)10-8-13/h7-10,15-18H,2-6,11-12H2,1H3,(H,24,25)/t16-,17+,18?/m0/s1. The lowest BCUT2D eigenvalue weighted by molar-refractivity contribution is -0.147. The summed E-state index contributed by atoms with van der Waals surface area (Å²) >= 11 is 5.94. The molecule has 0 spiro atoms. The van der Waals surface area contributed by atoms with Crippen molar-refractivity contribution >= 4 is 23.5 Å². The van der Waals surface area contributed by atoms with Gasteiger partial charge in [-0.3, -0.25) is 9.59 Å². The van der Waals surface area contributed by atoms with Gasteiger partial charge >= 0.3 is 5.97 Å². The summed E-state index contributed by atoms with van der Waals surface area (Å²) in [4.78, 5) is 26.4. The SMILES string of the molecule is CCC(OC1CCCC1)C(=O)N1C[C@@H](C(=O)O)[C@H](c2ccc(Cl)cc2)C1. The molecule has 3 rings (SSSR count). The van der Waals surface area contributed by atoms with Crippen molar-refractivity contribution in [1.29, 1.82) is 0 Å². The monoisotopic (exact) mass is 379 g/mol. The van der Waals surface area contributed by atoms with Gasteiger partial charge in [-0.15, -0.1) is 0 Å². The van der Waals surface area contributed by atoms with Crippen molar-refractivity contribution in [1.82, 2.24) is 4.90 Å². The summed E-state index contributed by atoms with van der Waals surface area (Å²) in [5, 5.41) is 10.2. The second-order valence-electron chi connectivity index (χ2n) is 7.29. The topological polar surface area (TPSA) is 66.8 Å². The van der Waals surface area contributed by atoms with Crippen molar-refractivity contribution in [2.75, 3.05) is 13.1 Å². The average Bonchev–Trinajstić information content (AvgIpc) is 3.29. The number of ether oxygens (including phenoxy) is 1. The largest absolute Gasteiger partial charge is 0.481 e. The Bertz CT molecular complexity index is 642. The summed E-state index contributed by atoms with van der Waals surface area (Å²) < 4.78 is 6.03. The Hall–Kier alpha value is -1.59. The zero-order valence-electron chi connectivity index (χ0n) is 15.1. The van der Waals surface area contributed by atoms with Crippen LogP contribution in [-0.2, 0) is 14.3 Å². The van der Waals surface area contributed by atoms with Gasteiger partial charge in [0.25, 0.3) is 5.91 Å². The van der Waals surface area contributed by atoms with Gasteiger partial charge in [-0.2, -0.15) is 0 Å². The van der Waals surface area contributed by atoms with Gasteiger partial charge in [-0.25, -0.2) is 0 Å². The zero-order chi connectivity index (χ0) is 18.7. The van der Waals surface area contributed by atoms with E-state index < -0.39 is 18.0 Å². The van der Waals surface area contributed by atoms with Gasteiger partial charge in [0.05, 0.1) is 12.0 Å². The van der Waals surface area contributed by atoms with E-state index in [4.69, 9.17) is 16.3 Å². The molecule has 6 heteroatoms. The van der Waals surface area contributed by atoms with Crippen molar-refractivity contribution < 1.29 is 19.4 Å². The smallest absolute Gasteiger partial charge is 0.308 e. The Morgan fingerprint density at radius 1 is 1.23 bits per heavy atom. The lowest BCUT2D eigenvalue weighted by Crippen LogP contribution is -2.40. The maximum absolute atomic E-state index is 13.0. The van der Waals surface area contributed by atoms with Gasteiger partial charge in [-0.1, -0.05) is 43.5 Å². The summed E-state index contributed by atoms with van der Waals surface area (Å²) in [5.41, 5.74) is 0.904. The summed E-state index contributed by atoms with van der Waals surface area (Å²) in [7, 11) is 0. The van der Waals surface area contributed by atoms with Gasteiger partial charge in [-0.05, 0) is 37.0 Å². The lowest BCUT2D eigenvalue weighted by Gasteiger charge is -2.25. The molecule has 1 aromatic carbocycles. The van der Waals surface area contributed by atoms with Crippen LogP contribution in [-0.4, -0.2) is 47.2 Å². The number of nitrogens with zero attached hydrogens (tertiary/aromatic N) is 1. The normalized spacial score (nSPS) is 24.8. The molecule has 3 atom stereocenters. The molecule has 142 valence electrons. The van der Waals surface area contributed by atoms with Crippen LogP contribution in [0.15, 0.2) is 24.3 Å². The van der Waals surface area contributed by atoms with E-state index >= 15 is 0 Å². The van der Waals surface area contributed by atoms with Gasteiger partial charge in [0, 0.05) is 24.0 Å². The highest BCUT2D eigenvalue weighted by Gasteiger charge is 2.42. The van der Waals surface area contributed by atoms with E-state index in [1.807, 2.05) is 19.1 Å². The second-order valence-corrected chi connectivity index (χ2v) is 7.72. The molecule has 1 saturated heterocycles. The molecular formula is C20H26ClNO4. The van der Waals surface area contributed by atoms with Crippen LogP contribution in [0.1, 0.15) is 50.5 Å². The minimum atomic E-state index is -0.870. The molecule has 1 unspecified atom stereocenters. The predicted molar refractivity (Wildman–Crippen MR) is 99.3 cm³/mol. The molecule has 2 fully saturated rings. The maximum Gasteiger partial charge on any atom is 0.308 e. The Labute approximate surface area is 159 Å². The highest BCUT2D eigenvalue weighted by atomic mass is 35.5. The molecule has 1 N–H and O–H groups in total. The number of carboxylic acid groups (broad SMARTS) is 1. The van der Waals surface area contributed by atoms with Gasteiger partial charge in [0.15, 0.2) is 0 Å². The first kappa shape index (κ1) is 19.2. The minimum Gasteiger partial charge on any atom is -0.481 e. The van der Waals surface area contributed by atoms with Gasteiger partial charge < -0.3 is 14.7 Å². The van der Waals surface area contributed by atoms with E-state index in [-0.39, 0.29) is 24.5 Å². The first-order chi connectivity index (χ1) is 12.5. The highest BCUT2D eigenvalue weighted by Crippen LogP contribution is 2.34. The van der Waals surface area contributed by atoms with Crippen LogP contribution in [0.5, 0.6) is 0 Å². The van der Waals surface area contributed by atoms with E-state index in [2.05, 4.69) is 0 Å². The van der Waals surface area contributed by atoms with E-state index in [1.54, 1.807) is 17.0 Å². The van der Waals surface area contributed by atoms with Crippen molar-refractivity contribution in [3.05, 3.63) is 34.9 Å². The van der Waals surface area contributed by atoms with Crippen LogP contribution in [0.4, 0.5) is 0 Å². The zero-order valence-corrected chi connectivity index (χ0v) is 15.8. The number of likely N-dealkylation sites (tertiary alicyclic amines) is 1. The number of rotatable bonds is 6. The maximum atomic E-state index is 13.0. The van der Waals surface area contributed by atoms with Gasteiger partial charge in [0.2, 0.25) is 0 Å². The van der Waals surface area contributed by atoms with Crippen LogP contribution in [0.3, 0.4) is 0 Å². The first-order valence-electron chi connectivity index (χ1n) is 9.42. The second kappa shape index (κ2) is 8.40. The van der Waals surface area contributed by atoms with Crippen molar-refractivity contribution in [3.63, 3.8) is 0 Å². The molecular weight excluding hydrogens is 354 g/mol. The molecule has 5 nitrogen and oxygen atoms in total. The molecule has 0 aromatic heterocycles. The number of carbonyl (C=O) groups is 2. The van der Waals surface area contributed by atoms with Crippen LogP contribution in [0.25, 0.3) is 0 Å². The molecule has 1 aliphatic heterocycles. The summed E-state index contributed by atoms with van der Waals surface area (Å²) in [5.74, 6) is -1.78. The molecule has 1 heterocycles. The number of carbonyl (C=O) groups excluding carboxylic acids is 1. The van der Waals surface area contributed by atoms with Gasteiger partial charge in [0.1, 0.15) is 6.10 Å². The number of aliphatic carboxylic acids is 1. The lowest BCUT2D eigenvalue weighted by atomic mass is 9.89. The molecule has 26 heavy (non-hydrogen) atoms. The summed E-state index contributed by atoms with van der Waals surface area (Å²) in [6.07, 6.45) is 4.61. The van der Waals surface area contributed by atoms with E-state index in [9.17, 15) is 14.7 Å². The number of carboxylic acids is 1. The Balaban J connectivity index is 1.72. The molecule has 1 aliphatic carbocycles. The number of hydrogen-bond donors (Lipinski definition) is 1. The Morgan fingerprint density at radius 3 is 2.46 bits per heavy atom. The fourth-order valence-corrected chi connectivity index (χ4v) is 4.20. The predicted octanol–water partition coefficient (Wildman–Crippen LogP) is 3.70. The number of benzene rings is 1. The van der Waals surface area contributed by atoms with E-state index in [0.29, 0.717) is 18.0 Å². The molecule has 1 aromatic rings. The Morgan fingerprint density at radius 2 is 1.88 bits per heavy atom. The number of amides is 1. The molecule has 1 amide bonds. The van der Waals surface area contributed by atoms with Crippen molar-refractivity contribution in [3.8, 4) is 0 Å². The fourth-order valence-electron chi connectivity index (χ4n) is 4.07. The number of hydrogen-bond acceptors (Lipinski definition) is 3. The third-order valence-corrected chi connectivity index (χ3v) is 5.80. The minimum absolute atomic E-state index is 0.0814. The van der Waals surface area contributed by atoms with Crippen LogP contribution < -0.4 is 0 Å². The van der Waals surface area contributed by atoms with E-state index in [0.717, 1.165) is 31.2 Å². The first-order valence-corrected chi connectivity index (χ1v) is 9.80. The highest BCUT2D eigenvalue weighted by molar-refractivity contribution is 6.30. The van der Waals surface area contributed by atoms with Crippen LogP contribution in [0.2, 0.25) is 5.02 Å². The molecule has 2 aliphatic rings. The number of halogens is 1. The van der Waals surface area contributed by atoms with E-state index in [1.165, 1.54) is 0 Å². The van der Waals surface area contributed by atoms with Crippen LogP contribution >= 0.6 is 11.6 Å².